The fraction of sp³-hybridized carbons (Fsp3) is 0.773. The first-order valence-electron chi connectivity index (χ1n) is 11.0. The summed E-state index contributed by atoms with van der Waals surface area (Å²) >= 11 is 0. The minimum absolute atomic E-state index is 0.0740. The van der Waals surface area contributed by atoms with Gasteiger partial charge in [-0.3, -0.25) is 0 Å². The number of halogens is 1. The van der Waals surface area contributed by atoms with Crippen molar-refractivity contribution in [3.63, 3.8) is 0 Å². The molecule has 5 atom stereocenters. The van der Waals surface area contributed by atoms with E-state index in [-0.39, 0.29) is 24.3 Å². The van der Waals surface area contributed by atoms with Gasteiger partial charge in [0.05, 0.1) is 18.5 Å². The summed E-state index contributed by atoms with van der Waals surface area (Å²) < 4.78 is 24.7. The fourth-order valence-corrected chi connectivity index (χ4v) is 5.56. The van der Waals surface area contributed by atoms with E-state index in [4.69, 9.17) is 9.47 Å². The quantitative estimate of drug-likeness (QED) is 0.744. The number of hydrogen-bond donors (Lipinski definition) is 0. The van der Waals surface area contributed by atoms with Crippen LogP contribution in [0.1, 0.15) is 52.9 Å². The average Bonchev–Trinajstić information content (AvgIpc) is 2.97. The van der Waals surface area contributed by atoms with Gasteiger partial charge in [-0.2, -0.15) is 0 Å². The monoisotopic (exact) mass is 420 g/mol. The van der Waals surface area contributed by atoms with Crippen LogP contribution in [0.3, 0.4) is 0 Å². The van der Waals surface area contributed by atoms with Crippen molar-refractivity contribution < 1.29 is 18.7 Å². The Hall–Kier alpha value is -1.96. The van der Waals surface area contributed by atoms with E-state index in [1.54, 1.807) is 7.11 Å². The molecule has 0 saturated carbocycles. The molecule has 4 rings (SSSR count). The molecule has 3 aliphatic rings. The van der Waals surface area contributed by atoms with Crippen molar-refractivity contribution in [3.05, 3.63) is 18.2 Å². The van der Waals surface area contributed by atoms with Gasteiger partial charge < -0.3 is 19.3 Å². The second-order valence-electron chi connectivity index (χ2n) is 9.88. The Morgan fingerprint density at radius 3 is 2.33 bits per heavy atom. The van der Waals surface area contributed by atoms with Crippen molar-refractivity contribution >= 4 is 12.0 Å². The molecule has 8 heteroatoms. The third-order valence-electron chi connectivity index (χ3n) is 6.78. The van der Waals surface area contributed by atoms with E-state index in [0.717, 1.165) is 38.6 Å². The highest BCUT2D eigenvalue weighted by Gasteiger charge is 2.48. The number of carbonyl (C=O) groups excluding carboxylic acids is 1. The van der Waals surface area contributed by atoms with Crippen LogP contribution in [0, 0.1) is 17.7 Å². The molecule has 1 aromatic heterocycles. The van der Waals surface area contributed by atoms with E-state index in [9.17, 15) is 9.18 Å². The summed E-state index contributed by atoms with van der Waals surface area (Å²) in [5.74, 6) is 1.10. The highest BCUT2D eigenvalue weighted by molar-refractivity contribution is 5.69. The Balaban J connectivity index is 1.41. The van der Waals surface area contributed by atoms with Gasteiger partial charge in [-0.05, 0) is 64.7 Å². The summed E-state index contributed by atoms with van der Waals surface area (Å²) in [5.41, 5.74) is -0.468. The van der Waals surface area contributed by atoms with Gasteiger partial charge in [-0.1, -0.05) is 0 Å². The molecule has 7 nitrogen and oxygen atoms in total. The average molecular weight is 421 g/mol. The standard InChI is InChI=1S/C22H33FN4O3/c1-22(2,3)30-21(28)27-16-5-6-17(27)10-14(9-16)18-7-8-26(13-19(18)29-4)20-24-11-15(23)12-25-20/h11-12,14,16-19H,5-10,13H2,1-4H3/t14-,16-,17+,18-,19-/m1/s1. The first kappa shape index (κ1) is 21.3. The summed E-state index contributed by atoms with van der Waals surface area (Å²) in [4.78, 5) is 25.1. The normalized spacial score (nSPS) is 31.7. The smallest absolute Gasteiger partial charge is 0.410 e. The van der Waals surface area contributed by atoms with Gasteiger partial charge in [-0.25, -0.2) is 19.2 Å². The topological polar surface area (TPSA) is 67.8 Å². The number of hydrogen-bond acceptors (Lipinski definition) is 6. The van der Waals surface area contributed by atoms with Gasteiger partial charge in [0.25, 0.3) is 0 Å². The summed E-state index contributed by atoms with van der Waals surface area (Å²) in [7, 11) is 1.76. The zero-order valence-corrected chi connectivity index (χ0v) is 18.4. The maximum absolute atomic E-state index is 13.2. The summed E-state index contributed by atoms with van der Waals surface area (Å²) in [5, 5.41) is 0. The lowest BCUT2D eigenvalue weighted by molar-refractivity contribution is -0.0266. The molecule has 0 aliphatic carbocycles. The van der Waals surface area contributed by atoms with Crippen LogP contribution in [0.4, 0.5) is 15.1 Å². The number of piperidine rings is 2. The van der Waals surface area contributed by atoms with E-state index in [0.29, 0.717) is 24.3 Å². The van der Waals surface area contributed by atoms with Gasteiger partial charge in [0, 0.05) is 32.3 Å². The number of methoxy groups -OCH3 is 1. The van der Waals surface area contributed by atoms with Crippen molar-refractivity contribution in [1.82, 2.24) is 14.9 Å². The fourth-order valence-electron chi connectivity index (χ4n) is 5.56. The maximum atomic E-state index is 13.2. The summed E-state index contributed by atoms with van der Waals surface area (Å²) in [6.45, 7) is 7.29. The molecule has 30 heavy (non-hydrogen) atoms. The number of rotatable bonds is 3. The first-order chi connectivity index (χ1) is 14.2. The molecule has 1 aromatic rings. The molecule has 166 valence electrons. The number of carbonyl (C=O) groups is 1. The second-order valence-corrected chi connectivity index (χ2v) is 9.88. The number of amides is 1. The number of nitrogens with zero attached hydrogens (tertiary/aromatic N) is 4. The highest BCUT2D eigenvalue weighted by atomic mass is 19.1. The van der Waals surface area contributed by atoms with Gasteiger partial charge in [0.15, 0.2) is 5.82 Å². The number of aromatic nitrogens is 2. The van der Waals surface area contributed by atoms with E-state index in [2.05, 4.69) is 14.9 Å². The molecule has 3 saturated heterocycles. The molecule has 0 spiro atoms. The van der Waals surface area contributed by atoms with Crippen molar-refractivity contribution in [2.45, 2.75) is 76.7 Å². The Labute approximate surface area is 177 Å². The highest BCUT2D eigenvalue weighted by Crippen LogP contribution is 2.45. The van der Waals surface area contributed by atoms with Crippen LogP contribution in [0.15, 0.2) is 12.4 Å². The Morgan fingerprint density at radius 1 is 1.13 bits per heavy atom. The van der Waals surface area contributed by atoms with E-state index < -0.39 is 11.4 Å². The van der Waals surface area contributed by atoms with E-state index in [1.807, 2.05) is 25.7 Å². The number of fused-ring (bicyclic) bond motifs is 2. The Kier molecular flexibility index (Phi) is 5.88. The molecular weight excluding hydrogens is 387 g/mol. The zero-order chi connectivity index (χ0) is 21.5. The van der Waals surface area contributed by atoms with E-state index >= 15 is 0 Å². The van der Waals surface area contributed by atoms with Crippen molar-refractivity contribution in [1.29, 1.82) is 0 Å². The lowest BCUT2D eigenvalue weighted by Gasteiger charge is -2.46. The van der Waals surface area contributed by atoms with Crippen LogP contribution in [0.2, 0.25) is 0 Å². The van der Waals surface area contributed by atoms with Crippen LogP contribution < -0.4 is 4.90 Å². The van der Waals surface area contributed by atoms with Gasteiger partial charge >= 0.3 is 6.09 Å². The lowest BCUT2D eigenvalue weighted by Crippen LogP contribution is -2.53. The molecular formula is C22H33FN4O3. The minimum Gasteiger partial charge on any atom is -0.444 e. The molecule has 0 radical (unpaired) electrons. The molecule has 3 fully saturated rings. The predicted octanol–water partition coefficient (Wildman–Crippen LogP) is 3.64. The maximum Gasteiger partial charge on any atom is 0.410 e. The van der Waals surface area contributed by atoms with Crippen molar-refractivity contribution in [2.75, 3.05) is 25.1 Å². The molecule has 0 unspecified atom stereocenters. The molecule has 0 N–H and O–H groups in total. The molecule has 0 aromatic carbocycles. The summed E-state index contributed by atoms with van der Waals surface area (Å²) in [6, 6.07) is 0.527. The van der Waals surface area contributed by atoms with Crippen molar-refractivity contribution in [3.8, 4) is 0 Å². The number of anilines is 1. The van der Waals surface area contributed by atoms with Gasteiger partial charge in [0.1, 0.15) is 5.60 Å². The molecule has 1 amide bonds. The lowest BCUT2D eigenvalue weighted by atomic mass is 9.75. The van der Waals surface area contributed by atoms with Gasteiger partial charge in [0.2, 0.25) is 5.95 Å². The number of ether oxygens (including phenoxy) is 2. The van der Waals surface area contributed by atoms with Crippen LogP contribution in [-0.4, -0.2) is 64.9 Å². The SMILES string of the molecule is CO[C@@H]1CN(c2ncc(F)cn2)CC[C@@H]1[C@@H]1C[C@H]2CC[C@@H](C1)N2C(=O)OC(C)(C)C. The first-order valence-corrected chi connectivity index (χ1v) is 11.0. The van der Waals surface area contributed by atoms with Crippen LogP contribution in [0.25, 0.3) is 0 Å². The van der Waals surface area contributed by atoms with Crippen LogP contribution in [0.5, 0.6) is 0 Å². The van der Waals surface area contributed by atoms with E-state index in [1.165, 1.54) is 12.4 Å². The van der Waals surface area contributed by atoms with Crippen LogP contribution >= 0.6 is 0 Å². The molecule has 3 aliphatic heterocycles. The third-order valence-corrected chi connectivity index (χ3v) is 6.78. The zero-order valence-electron chi connectivity index (χ0n) is 18.4. The van der Waals surface area contributed by atoms with Crippen molar-refractivity contribution in [2.24, 2.45) is 11.8 Å². The predicted molar refractivity (Wildman–Crippen MR) is 111 cm³/mol. The molecule has 4 heterocycles. The minimum atomic E-state index is -0.468. The van der Waals surface area contributed by atoms with Gasteiger partial charge in [-0.15, -0.1) is 0 Å². The Morgan fingerprint density at radius 2 is 1.77 bits per heavy atom. The molecule has 2 bridgehead atoms. The Bertz CT molecular complexity index is 740. The third kappa shape index (κ3) is 4.38. The second kappa shape index (κ2) is 8.29. The van der Waals surface area contributed by atoms with Crippen LogP contribution in [-0.2, 0) is 9.47 Å². The summed E-state index contributed by atoms with van der Waals surface area (Å²) in [6.07, 6.45) is 7.43. The largest absolute Gasteiger partial charge is 0.444 e.